The van der Waals surface area contributed by atoms with Gasteiger partial charge in [0.2, 0.25) is 0 Å². The summed E-state index contributed by atoms with van der Waals surface area (Å²) < 4.78 is 0. The van der Waals surface area contributed by atoms with E-state index in [1.54, 1.807) is 0 Å². The normalized spacial score (nSPS) is 10.6. The smallest absolute Gasteiger partial charge is 0.779 e. The van der Waals surface area contributed by atoms with E-state index >= 15 is 0 Å². The van der Waals surface area contributed by atoms with Crippen molar-refractivity contribution in [2.45, 2.75) is 31.1 Å². The molecule has 0 aliphatic carbocycles. The summed E-state index contributed by atoms with van der Waals surface area (Å²) in [5.41, 5.74) is 1.44. The van der Waals surface area contributed by atoms with Gasteiger partial charge < -0.3 is 12.6 Å². The van der Waals surface area contributed by atoms with E-state index in [4.69, 9.17) is 12.6 Å². The Bertz CT molecular complexity index is 250. The van der Waals surface area contributed by atoms with Gasteiger partial charge in [-0.1, -0.05) is 50.6 Å². The van der Waals surface area contributed by atoms with Crippen molar-refractivity contribution in [3.05, 3.63) is 29.8 Å². The molecule has 0 atom stereocenters. The van der Waals surface area contributed by atoms with Crippen LogP contribution in [-0.4, -0.2) is 0 Å². The summed E-state index contributed by atoms with van der Waals surface area (Å²) in [6.07, 6.45) is 0. The number of rotatable bonds is 0. The van der Waals surface area contributed by atoms with Crippen molar-refractivity contribution in [2.24, 2.45) is 0 Å². The van der Waals surface area contributed by atoms with Crippen LogP contribution in [0.2, 0.25) is 0 Å². The molecule has 1 aromatic rings. The largest absolute Gasteiger partial charge is 1.00 e. The Kier molecular flexibility index (Phi) is 4.34. The Hall–Kier alpha value is 0.0374. The predicted molar refractivity (Wildman–Crippen MR) is 50.8 cm³/mol. The molecule has 1 aromatic carbocycles. The molecule has 0 heterocycles. The van der Waals surface area contributed by atoms with E-state index in [0.717, 1.165) is 4.90 Å². The number of benzene rings is 1. The summed E-state index contributed by atoms with van der Waals surface area (Å²) in [5.74, 6) is 0. The summed E-state index contributed by atoms with van der Waals surface area (Å²) in [6.45, 7) is 6.54. The molecule has 0 radical (unpaired) electrons. The van der Waals surface area contributed by atoms with Crippen LogP contribution in [0.25, 0.3) is 0 Å². The molecule has 1 rings (SSSR count). The molecule has 0 spiro atoms. The van der Waals surface area contributed by atoms with Crippen LogP contribution in [0.5, 0.6) is 0 Å². The first-order chi connectivity index (χ1) is 5.02. The van der Waals surface area contributed by atoms with E-state index in [1.165, 1.54) is 5.56 Å². The van der Waals surface area contributed by atoms with E-state index < -0.39 is 0 Å². The molecule has 0 amide bonds. The van der Waals surface area contributed by atoms with Gasteiger partial charge in [-0.05, 0) is 5.41 Å². The van der Waals surface area contributed by atoms with Crippen LogP contribution in [-0.2, 0) is 18.0 Å². The van der Waals surface area contributed by atoms with Crippen molar-refractivity contribution in [1.82, 2.24) is 0 Å². The Morgan fingerprint density at radius 3 is 1.92 bits per heavy atom. The molecule has 0 aromatic heterocycles. The molecule has 0 nitrogen and oxygen atoms in total. The summed E-state index contributed by atoms with van der Waals surface area (Å²) in [7, 11) is 0. The average molecular weight is 172 g/mol. The van der Waals surface area contributed by atoms with Crippen molar-refractivity contribution in [1.29, 1.82) is 0 Å². The molecular weight excluding hydrogens is 159 g/mol. The molecule has 0 unspecified atom stereocenters. The van der Waals surface area contributed by atoms with Crippen molar-refractivity contribution in [3.8, 4) is 0 Å². The van der Waals surface area contributed by atoms with E-state index in [2.05, 4.69) is 26.8 Å². The van der Waals surface area contributed by atoms with Gasteiger partial charge >= 0.3 is 18.9 Å². The first-order valence-corrected chi connectivity index (χ1v) is 4.19. The van der Waals surface area contributed by atoms with Crippen LogP contribution in [0.15, 0.2) is 29.2 Å². The molecule has 0 aliphatic heterocycles. The second kappa shape index (κ2) is 4.32. The van der Waals surface area contributed by atoms with Gasteiger partial charge in [-0.15, -0.1) is 0 Å². The zero-order valence-electron chi connectivity index (χ0n) is 8.22. The van der Waals surface area contributed by atoms with Crippen LogP contribution in [0, 0.1) is 0 Å². The Morgan fingerprint density at radius 1 is 1.08 bits per heavy atom. The third-order valence-electron chi connectivity index (χ3n) is 1.70. The van der Waals surface area contributed by atoms with Gasteiger partial charge in [-0.3, -0.25) is 0 Å². The number of hydrogen-bond acceptors (Lipinski definition) is 1. The summed E-state index contributed by atoms with van der Waals surface area (Å²) in [5, 5.41) is 0. The first kappa shape index (κ1) is 12.0. The number of hydrogen-bond donors (Lipinski definition) is 0. The molecular formula is C10H13LiS. The maximum absolute atomic E-state index is 5.20. The first-order valence-electron chi connectivity index (χ1n) is 3.78. The Morgan fingerprint density at radius 2 is 1.58 bits per heavy atom. The molecule has 0 saturated heterocycles. The summed E-state index contributed by atoms with van der Waals surface area (Å²) in [6, 6.07) is 8.10. The summed E-state index contributed by atoms with van der Waals surface area (Å²) >= 11 is 5.20. The maximum atomic E-state index is 5.20. The van der Waals surface area contributed by atoms with Crippen LogP contribution in [0.1, 0.15) is 26.3 Å². The molecule has 12 heavy (non-hydrogen) atoms. The van der Waals surface area contributed by atoms with E-state index in [9.17, 15) is 0 Å². The molecule has 0 saturated carbocycles. The second-order valence-corrected chi connectivity index (χ2v) is 4.19. The van der Waals surface area contributed by atoms with E-state index in [1.807, 2.05) is 18.2 Å². The third-order valence-corrected chi connectivity index (χ3v) is 2.05. The van der Waals surface area contributed by atoms with Crippen molar-refractivity contribution in [3.63, 3.8) is 0 Å². The SMILES string of the molecule is CC(C)(C)c1ccccc1[S-].[Li+]. The van der Waals surface area contributed by atoms with Crippen LogP contribution < -0.4 is 18.9 Å². The van der Waals surface area contributed by atoms with Gasteiger partial charge in [-0.2, -0.15) is 4.90 Å². The topological polar surface area (TPSA) is 0 Å². The fourth-order valence-electron chi connectivity index (χ4n) is 1.09. The summed E-state index contributed by atoms with van der Waals surface area (Å²) in [4.78, 5) is 0.972. The average Bonchev–Trinajstić information content (AvgIpc) is 1.86. The molecule has 0 aliphatic rings. The van der Waals surface area contributed by atoms with E-state index in [-0.39, 0.29) is 24.3 Å². The molecule has 0 fully saturated rings. The molecule has 0 bridgehead atoms. The van der Waals surface area contributed by atoms with Gasteiger partial charge in [0, 0.05) is 0 Å². The standard InChI is InChI=1S/C10H14S.Li/c1-10(2,3)8-6-4-5-7-9(8)11;/h4-7,11H,1-3H3;/q;+1/p-1. The minimum Gasteiger partial charge on any atom is -0.779 e. The van der Waals surface area contributed by atoms with Crippen LogP contribution in [0.4, 0.5) is 0 Å². The molecule has 2 heteroatoms. The van der Waals surface area contributed by atoms with Crippen molar-refractivity contribution >= 4 is 12.6 Å². The quantitative estimate of drug-likeness (QED) is 0.389. The second-order valence-electron chi connectivity index (χ2n) is 3.75. The molecule has 0 N–H and O–H groups in total. The fourth-order valence-corrected chi connectivity index (χ4v) is 1.54. The fraction of sp³-hybridized carbons (Fsp3) is 0.400. The zero-order chi connectivity index (χ0) is 8.48. The van der Waals surface area contributed by atoms with Gasteiger partial charge in [0.15, 0.2) is 0 Å². The Labute approximate surface area is 92.3 Å². The zero-order valence-corrected chi connectivity index (χ0v) is 9.03. The predicted octanol–water partition coefficient (Wildman–Crippen LogP) is -0.106. The maximum Gasteiger partial charge on any atom is 1.00 e. The van der Waals surface area contributed by atoms with Gasteiger partial charge in [0.05, 0.1) is 0 Å². The van der Waals surface area contributed by atoms with Gasteiger partial charge in [0.1, 0.15) is 0 Å². The van der Waals surface area contributed by atoms with Gasteiger partial charge in [-0.25, -0.2) is 0 Å². The molecule has 60 valence electrons. The minimum absolute atomic E-state index is 0. The van der Waals surface area contributed by atoms with Crippen LogP contribution in [0.3, 0.4) is 0 Å². The minimum atomic E-state index is 0. The van der Waals surface area contributed by atoms with E-state index in [0.29, 0.717) is 0 Å². The Balaban J connectivity index is 0.00000121. The third kappa shape index (κ3) is 2.82. The van der Waals surface area contributed by atoms with Crippen LogP contribution >= 0.6 is 0 Å². The van der Waals surface area contributed by atoms with Crippen molar-refractivity contribution < 1.29 is 18.9 Å². The monoisotopic (exact) mass is 172 g/mol. The van der Waals surface area contributed by atoms with Gasteiger partial charge in [0.25, 0.3) is 0 Å². The van der Waals surface area contributed by atoms with Crippen molar-refractivity contribution in [2.75, 3.05) is 0 Å².